The number of aryl methyl sites for hydroxylation is 1. The Hall–Kier alpha value is -4.30. The van der Waals surface area contributed by atoms with Gasteiger partial charge in [-0.1, -0.05) is 36.9 Å². The van der Waals surface area contributed by atoms with Crippen molar-refractivity contribution < 1.29 is 23.0 Å². The van der Waals surface area contributed by atoms with Gasteiger partial charge in [-0.25, -0.2) is 15.4 Å². The number of carbonyl (C=O) groups excluding carboxylic acids is 1. The molecule has 248 valence electrons. The van der Waals surface area contributed by atoms with Gasteiger partial charge < -0.3 is 29.0 Å². The average Bonchev–Trinajstić information content (AvgIpc) is 3.07. The van der Waals surface area contributed by atoms with E-state index in [2.05, 4.69) is 64.5 Å². The van der Waals surface area contributed by atoms with Crippen LogP contribution in [-0.4, -0.2) is 84.3 Å². The summed E-state index contributed by atoms with van der Waals surface area (Å²) in [6.07, 6.45) is 1.75. The quantitative estimate of drug-likeness (QED) is 0.210. The maximum Gasteiger partial charge on any atom is 0.319 e. The summed E-state index contributed by atoms with van der Waals surface area (Å²) in [4.78, 5) is 32.3. The smallest absolute Gasteiger partial charge is 0.319 e. The summed E-state index contributed by atoms with van der Waals surface area (Å²) in [5, 5.41) is 2.41. The van der Waals surface area contributed by atoms with E-state index < -0.39 is 12.0 Å². The van der Waals surface area contributed by atoms with Crippen LogP contribution in [0, 0.1) is 13.5 Å². The number of nitrogens with zero attached hydrogens (tertiary/aromatic N) is 6. The minimum absolute atomic E-state index is 0.156. The molecule has 2 atom stereocenters. The van der Waals surface area contributed by atoms with Gasteiger partial charge in [-0.2, -0.15) is 9.97 Å². The molecule has 3 heterocycles. The predicted octanol–water partition coefficient (Wildman–Crippen LogP) is 5.99. The third-order valence-electron chi connectivity index (χ3n) is 9.53. The van der Waals surface area contributed by atoms with E-state index in [1.807, 2.05) is 6.92 Å². The van der Waals surface area contributed by atoms with Crippen molar-refractivity contribution in [2.24, 2.45) is 0 Å². The molecule has 0 spiro atoms. The van der Waals surface area contributed by atoms with E-state index in [4.69, 9.17) is 26.0 Å². The Morgan fingerprint density at radius 1 is 1.15 bits per heavy atom. The van der Waals surface area contributed by atoms with Crippen LogP contribution in [0.5, 0.6) is 6.01 Å². The minimum Gasteiger partial charge on any atom is -0.458 e. The number of benzene rings is 2. The minimum atomic E-state index is -2.60. The van der Waals surface area contributed by atoms with E-state index in [9.17, 15) is 13.6 Å². The number of hydrogen-bond donors (Lipinski definition) is 0. The van der Waals surface area contributed by atoms with Gasteiger partial charge in [0.05, 0.1) is 24.9 Å². The van der Waals surface area contributed by atoms with Gasteiger partial charge in [0.2, 0.25) is 18.4 Å². The number of piperazine rings is 1. The topological polar surface area (TPSA) is 75.4 Å². The monoisotopic (exact) mass is 644 g/mol. The van der Waals surface area contributed by atoms with Gasteiger partial charge in [-0.05, 0) is 56.2 Å². The molecule has 1 saturated heterocycles. The van der Waals surface area contributed by atoms with Crippen LogP contribution < -0.4 is 14.5 Å². The van der Waals surface area contributed by atoms with Gasteiger partial charge in [0.1, 0.15) is 18.0 Å². The zero-order valence-electron chi connectivity index (χ0n) is 27.1. The van der Waals surface area contributed by atoms with Crippen LogP contribution in [-0.2, 0) is 22.5 Å². The van der Waals surface area contributed by atoms with Crippen molar-refractivity contribution in [2.45, 2.75) is 76.7 Å². The molecule has 3 aliphatic rings. The van der Waals surface area contributed by atoms with Crippen molar-refractivity contribution in [3.05, 3.63) is 77.3 Å². The first kappa shape index (κ1) is 32.6. The van der Waals surface area contributed by atoms with Crippen LogP contribution in [0.4, 0.5) is 20.3 Å². The molecule has 0 radical (unpaired) electrons. The second-order valence-corrected chi connectivity index (χ2v) is 12.9. The number of amides is 1. The number of aromatic nitrogens is 2. The van der Waals surface area contributed by atoms with Crippen LogP contribution >= 0.6 is 0 Å². The molecule has 1 aromatic heterocycles. The first-order valence-electron chi connectivity index (χ1n) is 16.5. The van der Waals surface area contributed by atoms with Crippen molar-refractivity contribution >= 4 is 28.2 Å². The lowest BCUT2D eigenvalue weighted by Gasteiger charge is -2.41. The summed E-state index contributed by atoms with van der Waals surface area (Å²) >= 11 is 0. The number of fused-ring (bicyclic) bond motifs is 2. The van der Waals surface area contributed by atoms with Crippen molar-refractivity contribution in [1.82, 2.24) is 14.9 Å². The number of rotatable bonds is 9. The Morgan fingerprint density at radius 2 is 1.91 bits per heavy atom. The fourth-order valence-corrected chi connectivity index (χ4v) is 7.06. The lowest BCUT2D eigenvalue weighted by Crippen LogP contribution is -2.56. The average molecular weight is 645 g/mol. The largest absolute Gasteiger partial charge is 0.458 e. The molecule has 11 heteroatoms. The first-order valence-corrected chi connectivity index (χ1v) is 16.5. The maximum absolute atomic E-state index is 13.6. The molecular weight excluding hydrogens is 602 g/mol. The van der Waals surface area contributed by atoms with Crippen LogP contribution in [0.2, 0.25) is 0 Å². The van der Waals surface area contributed by atoms with E-state index in [-0.39, 0.29) is 50.1 Å². The molecule has 1 aliphatic carbocycles. The number of carbonyl (C=O) groups is 1. The van der Waals surface area contributed by atoms with Gasteiger partial charge >= 0.3 is 6.01 Å². The van der Waals surface area contributed by atoms with E-state index in [1.165, 1.54) is 22.4 Å². The molecule has 9 nitrogen and oxygen atoms in total. The predicted molar refractivity (Wildman–Crippen MR) is 178 cm³/mol. The molecule has 3 aromatic rings. The zero-order chi connectivity index (χ0) is 33.1. The zero-order valence-corrected chi connectivity index (χ0v) is 27.1. The van der Waals surface area contributed by atoms with Crippen LogP contribution in [0.3, 0.4) is 0 Å². The molecule has 2 fully saturated rings. The molecule has 0 bridgehead atoms. The lowest BCUT2D eigenvalue weighted by atomic mass is 9.94. The van der Waals surface area contributed by atoms with Gasteiger partial charge in [-0.3, -0.25) is 4.79 Å². The Balaban J connectivity index is 1.28. The standard InChI is InChI=1S/C36H42F2N6O3/c1-5-32(45)44-19-18-43(21-27(44)20-39-4)34-29-14-17-42(31-11-7-10-26-9-6-8-24(2)33(26)31)22-30(29)40-35(41-34)47-25(3)23-46-28-12-15-36(37,38)16-13-28/h5-11,25,27-28H,1,12-23H2,2-3H3/t25-,27-/m0/s1. The Kier molecular flexibility index (Phi) is 9.60. The highest BCUT2D eigenvalue weighted by atomic mass is 19.3. The van der Waals surface area contributed by atoms with Crippen LogP contribution in [0.1, 0.15) is 49.4 Å². The van der Waals surface area contributed by atoms with Gasteiger partial charge in [0.15, 0.2) is 0 Å². The number of anilines is 2. The molecule has 2 aliphatic heterocycles. The fraction of sp³-hybridized carbons (Fsp3) is 0.500. The number of halogens is 2. The molecule has 0 N–H and O–H groups in total. The first-order chi connectivity index (χ1) is 22.7. The summed E-state index contributed by atoms with van der Waals surface area (Å²) in [6, 6.07) is 12.7. The molecular formula is C36H42F2N6O3. The van der Waals surface area contributed by atoms with Crippen molar-refractivity contribution in [2.75, 3.05) is 49.1 Å². The van der Waals surface area contributed by atoms with E-state index in [1.54, 1.807) is 4.90 Å². The van der Waals surface area contributed by atoms with Gasteiger partial charge in [-0.15, -0.1) is 0 Å². The van der Waals surface area contributed by atoms with Crippen molar-refractivity contribution in [3.63, 3.8) is 0 Å². The van der Waals surface area contributed by atoms with Crippen LogP contribution in [0.25, 0.3) is 15.6 Å². The normalized spacial score (nSPS) is 20.4. The van der Waals surface area contributed by atoms with E-state index in [0.29, 0.717) is 39.0 Å². The highest BCUT2D eigenvalue weighted by Crippen LogP contribution is 2.37. The molecule has 1 saturated carbocycles. The maximum atomic E-state index is 13.6. The highest BCUT2D eigenvalue weighted by molar-refractivity contribution is 5.97. The fourth-order valence-electron chi connectivity index (χ4n) is 7.06. The summed E-state index contributed by atoms with van der Waals surface area (Å²) < 4.78 is 39.5. The second-order valence-electron chi connectivity index (χ2n) is 12.9. The SMILES string of the molecule is [C-]#[N+]C[C@H]1CN(c2nc(O[C@@H](C)COC3CCC(F)(F)CC3)nc3c2CCN(c2cccc4cccc(C)c24)C3)CCN1C(=O)C=C. The third kappa shape index (κ3) is 7.18. The molecule has 2 aromatic carbocycles. The molecule has 0 unspecified atom stereocenters. The lowest BCUT2D eigenvalue weighted by molar-refractivity contribution is -0.128. The van der Waals surface area contributed by atoms with Crippen molar-refractivity contribution in [1.29, 1.82) is 0 Å². The van der Waals surface area contributed by atoms with E-state index >= 15 is 0 Å². The number of ether oxygens (including phenoxy) is 2. The molecule has 47 heavy (non-hydrogen) atoms. The van der Waals surface area contributed by atoms with Gasteiger partial charge in [0, 0.05) is 55.7 Å². The summed E-state index contributed by atoms with van der Waals surface area (Å²) in [7, 11) is 0. The second kappa shape index (κ2) is 13.8. The Bertz CT molecular complexity index is 1660. The summed E-state index contributed by atoms with van der Waals surface area (Å²) in [5.41, 5.74) is 4.28. The number of alkyl halides is 2. The Labute approximate surface area is 275 Å². The third-order valence-corrected chi connectivity index (χ3v) is 9.53. The summed E-state index contributed by atoms with van der Waals surface area (Å²) in [6.45, 7) is 18.4. The highest BCUT2D eigenvalue weighted by Gasteiger charge is 2.36. The number of hydrogen-bond acceptors (Lipinski definition) is 7. The van der Waals surface area contributed by atoms with Gasteiger partial charge in [0.25, 0.3) is 0 Å². The Morgan fingerprint density at radius 3 is 2.66 bits per heavy atom. The van der Waals surface area contributed by atoms with Crippen molar-refractivity contribution in [3.8, 4) is 6.01 Å². The van der Waals surface area contributed by atoms with E-state index in [0.717, 1.165) is 35.7 Å². The molecule has 6 rings (SSSR count). The summed E-state index contributed by atoms with van der Waals surface area (Å²) in [5.74, 6) is -2.02. The van der Waals surface area contributed by atoms with Crippen LogP contribution in [0.15, 0.2) is 49.1 Å². The molecule has 1 amide bonds.